The molecule has 2 aliphatic rings. The lowest BCUT2D eigenvalue weighted by Gasteiger charge is -2.47. The fraction of sp³-hybridized carbons (Fsp3) is 0.562. The molecule has 2 aromatic carbocycles. The Morgan fingerprint density at radius 2 is 1.50 bits per heavy atom. The zero-order valence-electron chi connectivity index (χ0n) is 25.1. The summed E-state index contributed by atoms with van der Waals surface area (Å²) in [5.74, 6) is 0.257. The first-order valence-electron chi connectivity index (χ1n) is 15.1. The van der Waals surface area contributed by atoms with Gasteiger partial charge in [-0.3, -0.25) is 9.59 Å². The van der Waals surface area contributed by atoms with Crippen LogP contribution >= 0.6 is 23.2 Å². The van der Waals surface area contributed by atoms with E-state index in [-0.39, 0.29) is 18.2 Å². The van der Waals surface area contributed by atoms with Crippen molar-refractivity contribution in [3.8, 4) is 0 Å². The van der Waals surface area contributed by atoms with Crippen molar-refractivity contribution < 1.29 is 9.59 Å². The van der Waals surface area contributed by atoms with Crippen LogP contribution < -0.4 is 11.1 Å². The second-order valence-corrected chi connectivity index (χ2v) is 13.0. The molecule has 8 nitrogen and oxygen atoms in total. The number of rotatable bonds is 11. The highest BCUT2D eigenvalue weighted by Gasteiger charge is 2.34. The molecule has 2 unspecified atom stereocenters. The fourth-order valence-corrected chi connectivity index (χ4v) is 6.12. The second-order valence-electron chi connectivity index (χ2n) is 12.1. The number of carbonyl (C=O) groups is 2. The Hall–Kier alpha value is -2.20. The highest BCUT2D eigenvalue weighted by Crippen LogP contribution is 2.23. The van der Waals surface area contributed by atoms with E-state index < -0.39 is 12.1 Å². The number of piperazine rings is 1. The lowest BCUT2D eigenvalue weighted by Crippen LogP contribution is -2.60. The van der Waals surface area contributed by atoms with Crippen molar-refractivity contribution in [2.75, 3.05) is 52.9 Å². The van der Waals surface area contributed by atoms with Gasteiger partial charge >= 0.3 is 0 Å². The van der Waals surface area contributed by atoms with E-state index in [9.17, 15) is 9.59 Å². The number of hydrazine groups is 1. The van der Waals surface area contributed by atoms with Crippen LogP contribution in [0.4, 0.5) is 0 Å². The van der Waals surface area contributed by atoms with E-state index in [0.29, 0.717) is 41.5 Å². The predicted octanol–water partition coefficient (Wildman–Crippen LogP) is 4.22. The van der Waals surface area contributed by atoms with Crippen LogP contribution in [0.3, 0.4) is 0 Å². The zero-order valence-corrected chi connectivity index (χ0v) is 26.7. The Balaban J connectivity index is 1.41. The number of likely N-dealkylation sites (N-methyl/N-ethyl adjacent to an activating group) is 1. The lowest BCUT2D eigenvalue weighted by molar-refractivity contribution is -0.140. The van der Waals surface area contributed by atoms with Crippen molar-refractivity contribution in [1.29, 1.82) is 0 Å². The van der Waals surface area contributed by atoms with Gasteiger partial charge < -0.3 is 20.9 Å². The Labute approximate surface area is 261 Å². The van der Waals surface area contributed by atoms with Gasteiger partial charge in [-0.1, -0.05) is 61.3 Å². The Bertz CT molecular complexity index is 1150. The summed E-state index contributed by atoms with van der Waals surface area (Å²) < 4.78 is 0. The first-order valence-corrected chi connectivity index (χ1v) is 15.9. The summed E-state index contributed by atoms with van der Waals surface area (Å²) in [6.45, 7) is 11.1. The molecule has 2 fully saturated rings. The van der Waals surface area contributed by atoms with Crippen LogP contribution in [0.1, 0.15) is 50.3 Å². The van der Waals surface area contributed by atoms with Gasteiger partial charge in [-0.05, 0) is 61.2 Å². The van der Waals surface area contributed by atoms with Gasteiger partial charge in [-0.15, -0.1) is 0 Å². The zero-order chi connectivity index (χ0) is 30.2. The standard InChI is InChI=1S/C32H46Cl2N6O2/c1-23(2)22-40(39-18-16-37(3)17-19-39)28-12-14-38(15-13-28)32(42)30(20-24-4-8-26(33)9-5-24)36-31(41)21-29(35)25-6-10-27(34)11-7-25/h4-11,23,28-30H,12-22,35H2,1-3H3,(H,36,41). The normalized spacial score (nSPS) is 18.8. The number of amides is 2. The maximum absolute atomic E-state index is 13.9. The molecule has 42 heavy (non-hydrogen) atoms. The maximum atomic E-state index is 13.9. The minimum Gasteiger partial charge on any atom is -0.344 e. The fourth-order valence-electron chi connectivity index (χ4n) is 5.86. The van der Waals surface area contributed by atoms with Gasteiger partial charge in [0.25, 0.3) is 0 Å². The summed E-state index contributed by atoms with van der Waals surface area (Å²) in [5, 5.41) is 9.36. The predicted molar refractivity (Wildman–Crippen MR) is 170 cm³/mol. The van der Waals surface area contributed by atoms with Gasteiger partial charge in [0.05, 0.1) is 0 Å². The molecular weight excluding hydrogens is 571 g/mol. The van der Waals surface area contributed by atoms with Crippen LogP contribution in [0.5, 0.6) is 0 Å². The molecule has 10 heteroatoms. The van der Waals surface area contributed by atoms with E-state index >= 15 is 0 Å². The average Bonchev–Trinajstić information content (AvgIpc) is 2.97. The van der Waals surface area contributed by atoms with Gasteiger partial charge in [-0.2, -0.15) is 0 Å². The van der Waals surface area contributed by atoms with E-state index in [1.54, 1.807) is 12.1 Å². The molecular formula is C32H46Cl2N6O2. The van der Waals surface area contributed by atoms with Crippen molar-refractivity contribution in [3.05, 3.63) is 69.7 Å². The number of carbonyl (C=O) groups excluding carboxylic acids is 2. The minimum absolute atomic E-state index is 0.0492. The Morgan fingerprint density at radius 1 is 0.929 bits per heavy atom. The molecule has 0 radical (unpaired) electrons. The molecule has 2 amide bonds. The van der Waals surface area contributed by atoms with Gasteiger partial charge in [0.15, 0.2) is 0 Å². The molecule has 3 N–H and O–H groups in total. The molecule has 2 aromatic rings. The van der Waals surface area contributed by atoms with Crippen LogP contribution in [0.2, 0.25) is 10.0 Å². The summed E-state index contributed by atoms with van der Waals surface area (Å²) in [7, 11) is 2.18. The second kappa shape index (κ2) is 15.5. The van der Waals surface area contributed by atoms with E-state index in [0.717, 1.165) is 56.7 Å². The van der Waals surface area contributed by atoms with Gasteiger partial charge in [0.2, 0.25) is 11.8 Å². The van der Waals surface area contributed by atoms with Crippen molar-refractivity contribution in [3.63, 3.8) is 0 Å². The van der Waals surface area contributed by atoms with E-state index in [1.807, 2.05) is 41.3 Å². The Morgan fingerprint density at radius 3 is 2.07 bits per heavy atom. The molecule has 0 saturated carbocycles. The molecule has 4 rings (SSSR count). The third-order valence-corrected chi connectivity index (χ3v) is 8.79. The number of benzene rings is 2. The summed E-state index contributed by atoms with van der Waals surface area (Å²) in [6.07, 6.45) is 2.28. The van der Waals surface area contributed by atoms with Crippen LogP contribution in [0.25, 0.3) is 0 Å². The SMILES string of the molecule is CC(C)CN(C1CCN(C(=O)C(Cc2ccc(Cl)cc2)NC(=O)CC(N)c2ccc(Cl)cc2)CC1)N1CCN(C)CC1. The summed E-state index contributed by atoms with van der Waals surface area (Å²) >= 11 is 12.1. The molecule has 0 aromatic heterocycles. The number of piperidine rings is 1. The third-order valence-electron chi connectivity index (χ3n) is 8.28. The first-order chi connectivity index (χ1) is 20.1. The number of halogens is 2. The van der Waals surface area contributed by atoms with Gasteiger partial charge in [0, 0.05) is 80.8 Å². The molecule has 2 aliphatic heterocycles. The van der Waals surface area contributed by atoms with Crippen LogP contribution in [0.15, 0.2) is 48.5 Å². The highest BCUT2D eigenvalue weighted by atomic mass is 35.5. The van der Waals surface area contributed by atoms with E-state index in [1.165, 1.54) is 0 Å². The highest BCUT2D eigenvalue weighted by molar-refractivity contribution is 6.30. The number of hydrogen-bond donors (Lipinski definition) is 2. The number of hydrogen-bond acceptors (Lipinski definition) is 6. The number of nitrogens with two attached hydrogens (primary N) is 1. The summed E-state index contributed by atoms with van der Waals surface area (Å²) in [5.41, 5.74) is 8.09. The van der Waals surface area contributed by atoms with Gasteiger partial charge in [-0.25, -0.2) is 10.0 Å². The van der Waals surface area contributed by atoms with Crippen molar-refractivity contribution in [2.45, 2.75) is 57.7 Å². The molecule has 0 aliphatic carbocycles. The lowest BCUT2D eigenvalue weighted by atomic mass is 9.99. The van der Waals surface area contributed by atoms with Crippen molar-refractivity contribution in [2.24, 2.45) is 11.7 Å². The van der Waals surface area contributed by atoms with Crippen LogP contribution in [-0.4, -0.2) is 96.6 Å². The molecule has 2 heterocycles. The molecule has 2 atom stereocenters. The monoisotopic (exact) mass is 616 g/mol. The van der Waals surface area contributed by atoms with Crippen LogP contribution in [-0.2, 0) is 16.0 Å². The Kier molecular flexibility index (Phi) is 12.1. The average molecular weight is 618 g/mol. The van der Waals surface area contributed by atoms with E-state index in [2.05, 4.69) is 41.1 Å². The maximum Gasteiger partial charge on any atom is 0.245 e. The van der Waals surface area contributed by atoms with Crippen molar-refractivity contribution in [1.82, 2.24) is 25.1 Å². The van der Waals surface area contributed by atoms with Crippen LogP contribution in [0, 0.1) is 5.92 Å². The molecule has 0 spiro atoms. The number of likely N-dealkylation sites (tertiary alicyclic amines) is 1. The smallest absolute Gasteiger partial charge is 0.245 e. The topological polar surface area (TPSA) is 85.1 Å². The molecule has 2 saturated heterocycles. The molecule has 230 valence electrons. The quantitative estimate of drug-likeness (QED) is 0.393. The van der Waals surface area contributed by atoms with E-state index in [4.69, 9.17) is 28.9 Å². The van der Waals surface area contributed by atoms with Gasteiger partial charge in [0.1, 0.15) is 6.04 Å². The number of nitrogens with one attached hydrogen (secondary N) is 1. The largest absolute Gasteiger partial charge is 0.344 e. The third kappa shape index (κ3) is 9.40. The molecule has 0 bridgehead atoms. The summed E-state index contributed by atoms with van der Waals surface area (Å²) in [6, 6.07) is 13.8. The summed E-state index contributed by atoms with van der Waals surface area (Å²) in [4.78, 5) is 31.4. The number of nitrogens with zero attached hydrogens (tertiary/aromatic N) is 4. The van der Waals surface area contributed by atoms with Crippen molar-refractivity contribution >= 4 is 35.0 Å². The first kappa shape index (κ1) is 32.7. The minimum atomic E-state index is -0.683.